The fourth-order valence-corrected chi connectivity index (χ4v) is 4.23. The van der Waals surface area contributed by atoms with E-state index >= 15 is 0 Å². The van der Waals surface area contributed by atoms with Gasteiger partial charge in [-0.3, -0.25) is 19.8 Å². The van der Waals surface area contributed by atoms with E-state index in [9.17, 15) is 9.18 Å². The third kappa shape index (κ3) is 4.38. The Kier molecular flexibility index (Phi) is 5.64. The minimum atomic E-state index is -0.408. The predicted octanol–water partition coefficient (Wildman–Crippen LogP) is 5.00. The van der Waals surface area contributed by atoms with Gasteiger partial charge < -0.3 is 5.32 Å². The number of rotatable bonds is 5. The van der Waals surface area contributed by atoms with Gasteiger partial charge in [0.05, 0.1) is 5.52 Å². The molecule has 4 aromatic rings. The lowest BCUT2D eigenvalue weighted by Crippen LogP contribution is -2.29. The Bertz CT molecular complexity index is 1260. The van der Waals surface area contributed by atoms with Crippen LogP contribution in [0.3, 0.4) is 0 Å². The number of anilines is 1. The molecular weight excluding hydrogens is 405 g/mol. The first kappa shape index (κ1) is 20.3. The van der Waals surface area contributed by atoms with Gasteiger partial charge in [-0.15, -0.1) is 0 Å². The molecule has 0 saturated carbocycles. The van der Waals surface area contributed by atoms with E-state index < -0.39 is 11.7 Å². The van der Waals surface area contributed by atoms with Crippen molar-refractivity contribution in [1.29, 1.82) is 0 Å². The molecule has 2 aromatic carbocycles. The molecule has 0 unspecified atom stereocenters. The third-order valence-corrected chi connectivity index (χ3v) is 5.84. The molecule has 0 aliphatic carbocycles. The van der Waals surface area contributed by atoms with Gasteiger partial charge in [0, 0.05) is 35.6 Å². The van der Waals surface area contributed by atoms with Crippen LogP contribution in [0.5, 0.6) is 0 Å². The molecule has 0 atom stereocenters. The number of carbonyl (C=O) groups is 1. The number of likely N-dealkylation sites (tertiary alicyclic amines) is 1. The monoisotopic (exact) mass is 429 g/mol. The van der Waals surface area contributed by atoms with Crippen LogP contribution in [0, 0.1) is 5.82 Å². The summed E-state index contributed by atoms with van der Waals surface area (Å²) in [6.07, 6.45) is 7.59. The second-order valence-electron chi connectivity index (χ2n) is 8.22. The van der Waals surface area contributed by atoms with Crippen molar-refractivity contribution in [2.75, 3.05) is 18.4 Å². The van der Waals surface area contributed by atoms with Gasteiger partial charge in [-0.05, 0) is 73.5 Å². The van der Waals surface area contributed by atoms with Crippen molar-refractivity contribution in [2.24, 2.45) is 0 Å². The van der Waals surface area contributed by atoms with Gasteiger partial charge in [0.2, 0.25) is 0 Å². The highest BCUT2D eigenvalue weighted by Crippen LogP contribution is 2.27. The number of hydrogen-bond donors (Lipinski definition) is 2. The summed E-state index contributed by atoms with van der Waals surface area (Å²) in [5.74, 6) is -0.801. The van der Waals surface area contributed by atoms with Gasteiger partial charge in [0.15, 0.2) is 5.69 Å². The van der Waals surface area contributed by atoms with Crippen molar-refractivity contribution in [1.82, 2.24) is 20.1 Å². The summed E-state index contributed by atoms with van der Waals surface area (Å²) in [5, 5.41) is 10.5. The van der Waals surface area contributed by atoms with E-state index in [-0.39, 0.29) is 5.69 Å². The number of piperidine rings is 1. The van der Waals surface area contributed by atoms with Gasteiger partial charge in [0.1, 0.15) is 5.82 Å². The molecule has 7 heteroatoms. The van der Waals surface area contributed by atoms with Crippen LogP contribution < -0.4 is 5.32 Å². The highest BCUT2D eigenvalue weighted by atomic mass is 19.1. The largest absolute Gasteiger partial charge is 0.320 e. The van der Waals surface area contributed by atoms with Crippen LogP contribution in [0.25, 0.3) is 22.0 Å². The first-order chi connectivity index (χ1) is 15.7. The Morgan fingerprint density at radius 2 is 1.91 bits per heavy atom. The maximum Gasteiger partial charge on any atom is 0.276 e. The Balaban J connectivity index is 1.41. The van der Waals surface area contributed by atoms with E-state index in [1.54, 1.807) is 12.1 Å². The van der Waals surface area contributed by atoms with Crippen molar-refractivity contribution < 1.29 is 9.18 Å². The average molecular weight is 429 g/mol. The Morgan fingerprint density at radius 3 is 2.75 bits per heavy atom. The zero-order valence-electron chi connectivity index (χ0n) is 17.6. The Morgan fingerprint density at radius 1 is 1.03 bits per heavy atom. The number of fused-ring (bicyclic) bond motifs is 1. The first-order valence-corrected chi connectivity index (χ1v) is 10.9. The van der Waals surface area contributed by atoms with Gasteiger partial charge in [-0.25, -0.2) is 4.39 Å². The number of hydrogen-bond acceptors (Lipinski definition) is 4. The fourth-order valence-electron chi connectivity index (χ4n) is 4.23. The molecular formula is C25H24FN5O. The Hall–Kier alpha value is -3.58. The molecule has 3 heterocycles. The summed E-state index contributed by atoms with van der Waals surface area (Å²) < 4.78 is 13.5. The number of pyridine rings is 1. The smallest absolute Gasteiger partial charge is 0.276 e. The zero-order valence-corrected chi connectivity index (χ0v) is 17.6. The summed E-state index contributed by atoms with van der Waals surface area (Å²) >= 11 is 0. The fraction of sp³-hybridized carbons (Fsp3) is 0.240. The van der Waals surface area contributed by atoms with Gasteiger partial charge >= 0.3 is 0 Å². The standard InChI is InChI=1S/C25H24FN5O/c26-20-5-4-6-21(13-20)28-25(32)24-22-12-18(7-8-23(22)29-30-24)19-11-17(14-27-15-19)16-31-9-2-1-3-10-31/h4-8,11-15H,1-3,9-10,16H2,(H,28,32)(H,29,30). The van der Waals surface area contributed by atoms with Crippen molar-refractivity contribution in [3.05, 3.63) is 78.0 Å². The third-order valence-electron chi connectivity index (χ3n) is 5.84. The van der Waals surface area contributed by atoms with Crippen LogP contribution in [-0.2, 0) is 6.54 Å². The second-order valence-corrected chi connectivity index (χ2v) is 8.22. The van der Waals surface area contributed by atoms with Crippen LogP contribution in [0.4, 0.5) is 10.1 Å². The quantitative estimate of drug-likeness (QED) is 0.468. The zero-order chi connectivity index (χ0) is 21.9. The number of nitrogens with one attached hydrogen (secondary N) is 2. The lowest BCUT2D eigenvalue weighted by atomic mass is 10.0. The average Bonchev–Trinajstić information content (AvgIpc) is 3.23. The van der Waals surface area contributed by atoms with E-state index in [1.807, 2.05) is 30.6 Å². The number of aromatic amines is 1. The van der Waals surface area contributed by atoms with Gasteiger partial charge in [0.25, 0.3) is 5.91 Å². The number of nitrogens with zero attached hydrogens (tertiary/aromatic N) is 3. The second kappa shape index (κ2) is 8.88. The van der Waals surface area contributed by atoms with E-state index in [0.717, 1.165) is 36.3 Å². The first-order valence-electron chi connectivity index (χ1n) is 10.9. The maximum atomic E-state index is 13.5. The predicted molar refractivity (Wildman–Crippen MR) is 123 cm³/mol. The highest BCUT2D eigenvalue weighted by molar-refractivity contribution is 6.11. The molecule has 32 heavy (non-hydrogen) atoms. The van der Waals surface area contributed by atoms with Crippen molar-refractivity contribution in [3.8, 4) is 11.1 Å². The van der Waals surface area contributed by atoms with Crippen LogP contribution in [0.2, 0.25) is 0 Å². The number of benzene rings is 2. The lowest BCUT2D eigenvalue weighted by molar-refractivity contribution is 0.102. The summed E-state index contributed by atoms with van der Waals surface area (Å²) in [6.45, 7) is 3.17. The van der Waals surface area contributed by atoms with Gasteiger partial charge in [-0.2, -0.15) is 5.10 Å². The highest BCUT2D eigenvalue weighted by Gasteiger charge is 2.16. The Labute approximate surface area is 185 Å². The van der Waals surface area contributed by atoms with E-state index in [1.165, 1.54) is 37.0 Å². The molecule has 0 radical (unpaired) electrons. The molecule has 5 rings (SSSR count). The lowest BCUT2D eigenvalue weighted by Gasteiger charge is -2.26. The number of halogens is 1. The summed E-state index contributed by atoms with van der Waals surface area (Å²) in [5.41, 5.74) is 4.56. The molecule has 162 valence electrons. The molecule has 1 saturated heterocycles. The molecule has 0 spiro atoms. The molecule has 6 nitrogen and oxygen atoms in total. The number of H-pyrrole nitrogens is 1. The van der Waals surface area contributed by atoms with Crippen molar-refractivity contribution in [3.63, 3.8) is 0 Å². The van der Waals surface area contributed by atoms with E-state index in [2.05, 4.69) is 31.5 Å². The van der Waals surface area contributed by atoms with E-state index in [4.69, 9.17) is 0 Å². The van der Waals surface area contributed by atoms with Gasteiger partial charge in [-0.1, -0.05) is 18.6 Å². The number of amides is 1. The van der Waals surface area contributed by atoms with Crippen molar-refractivity contribution >= 4 is 22.5 Å². The molecule has 1 aliphatic heterocycles. The molecule has 1 aliphatic rings. The van der Waals surface area contributed by atoms with E-state index in [0.29, 0.717) is 11.1 Å². The minimum Gasteiger partial charge on any atom is -0.320 e. The van der Waals surface area contributed by atoms with Crippen LogP contribution in [-0.4, -0.2) is 39.1 Å². The molecule has 1 fully saturated rings. The van der Waals surface area contributed by atoms with Crippen LogP contribution >= 0.6 is 0 Å². The minimum absolute atomic E-state index is 0.267. The summed E-state index contributed by atoms with van der Waals surface area (Å²) in [7, 11) is 0. The van der Waals surface area contributed by atoms with Crippen LogP contribution in [0.1, 0.15) is 35.3 Å². The van der Waals surface area contributed by atoms with Crippen molar-refractivity contribution in [2.45, 2.75) is 25.8 Å². The SMILES string of the molecule is O=C(Nc1cccc(F)c1)c1n[nH]c2ccc(-c3cncc(CN4CCCCC4)c3)cc12. The van der Waals surface area contributed by atoms with Crippen LogP contribution in [0.15, 0.2) is 60.9 Å². The topological polar surface area (TPSA) is 73.9 Å². The number of aromatic nitrogens is 3. The summed E-state index contributed by atoms with van der Waals surface area (Å²) in [4.78, 5) is 19.7. The summed E-state index contributed by atoms with van der Waals surface area (Å²) in [6, 6.07) is 13.8. The normalized spacial score (nSPS) is 14.5. The molecule has 2 aromatic heterocycles. The number of carbonyl (C=O) groups excluding carboxylic acids is 1. The molecule has 0 bridgehead atoms. The maximum absolute atomic E-state index is 13.5. The molecule has 1 amide bonds. The molecule has 2 N–H and O–H groups in total.